The lowest BCUT2D eigenvalue weighted by Crippen LogP contribution is -2.22. The lowest BCUT2D eigenvalue weighted by molar-refractivity contribution is -0.116. The smallest absolute Gasteiger partial charge is 0.242 e. The van der Waals surface area contributed by atoms with Crippen LogP contribution in [0.25, 0.3) is 0 Å². The van der Waals surface area contributed by atoms with E-state index in [9.17, 15) is 13.2 Å². The van der Waals surface area contributed by atoms with Crippen molar-refractivity contribution in [3.8, 4) is 0 Å². The van der Waals surface area contributed by atoms with Gasteiger partial charge in [-0.15, -0.1) is 0 Å². The average molecular weight is 313 g/mol. The summed E-state index contributed by atoms with van der Waals surface area (Å²) >= 11 is 0. The molecule has 1 aromatic rings. The van der Waals surface area contributed by atoms with Gasteiger partial charge in [0.15, 0.2) is 0 Å². The molecule has 6 nitrogen and oxygen atoms in total. The van der Waals surface area contributed by atoms with E-state index in [1.807, 2.05) is 0 Å². The lowest BCUT2D eigenvalue weighted by atomic mass is 10.2. The number of nitrogens with two attached hydrogens (primary N) is 1. The van der Waals surface area contributed by atoms with Crippen LogP contribution in [-0.2, 0) is 14.8 Å². The molecule has 0 radical (unpaired) electrons. The number of nitrogens with one attached hydrogen (secondary N) is 1. The number of carbonyl (C=O) groups excluding carboxylic acids is 1. The van der Waals surface area contributed by atoms with Gasteiger partial charge < -0.3 is 11.1 Å². The maximum absolute atomic E-state index is 11.9. The van der Waals surface area contributed by atoms with Crippen LogP contribution in [0.15, 0.2) is 29.2 Å². The number of hydrogen-bond donors (Lipinski definition) is 2. The van der Waals surface area contributed by atoms with Crippen LogP contribution in [-0.4, -0.2) is 39.3 Å². The average Bonchev–Trinajstić information content (AvgIpc) is 2.44. The minimum atomic E-state index is -3.43. The van der Waals surface area contributed by atoms with Crippen molar-refractivity contribution in [1.29, 1.82) is 0 Å². The minimum absolute atomic E-state index is 0.0739. The van der Waals surface area contributed by atoms with Crippen molar-refractivity contribution >= 4 is 21.6 Å². The van der Waals surface area contributed by atoms with Crippen molar-refractivity contribution < 1.29 is 13.2 Å². The Hall–Kier alpha value is -1.44. The molecule has 7 heteroatoms. The summed E-state index contributed by atoms with van der Waals surface area (Å²) in [7, 11) is -0.477. The number of amides is 1. The molecular weight excluding hydrogens is 290 g/mol. The Morgan fingerprint density at radius 1 is 1.14 bits per heavy atom. The molecule has 21 heavy (non-hydrogen) atoms. The minimum Gasteiger partial charge on any atom is -0.330 e. The summed E-state index contributed by atoms with van der Waals surface area (Å²) in [6.45, 7) is 0.642. The summed E-state index contributed by atoms with van der Waals surface area (Å²) in [5, 5.41) is 2.75. The molecule has 0 saturated heterocycles. The van der Waals surface area contributed by atoms with Gasteiger partial charge >= 0.3 is 0 Å². The first-order chi connectivity index (χ1) is 9.87. The van der Waals surface area contributed by atoms with Gasteiger partial charge in [-0.05, 0) is 43.7 Å². The molecule has 1 rings (SSSR count). The van der Waals surface area contributed by atoms with E-state index >= 15 is 0 Å². The normalized spacial score (nSPS) is 11.6. The molecule has 0 fully saturated rings. The number of nitrogens with zero attached hydrogens (tertiary/aromatic N) is 1. The maximum Gasteiger partial charge on any atom is 0.242 e. The van der Waals surface area contributed by atoms with Crippen LogP contribution in [0.3, 0.4) is 0 Å². The molecule has 0 bridgehead atoms. The molecular formula is C14H23N3O3S. The molecule has 3 N–H and O–H groups in total. The Bertz CT molecular complexity index is 553. The van der Waals surface area contributed by atoms with Gasteiger partial charge in [-0.1, -0.05) is 6.42 Å². The monoisotopic (exact) mass is 313 g/mol. The van der Waals surface area contributed by atoms with Crippen molar-refractivity contribution in [3.63, 3.8) is 0 Å². The van der Waals surface area contributed by atoms with Gasteiger partial charge in [0.25, 0.3) is 0 Å². The van der Waals surface area contributed by atoms with Gasteiger partial charge in [-0.25, -0.2) is 12.7 Å². The van der Waals surface area contributed by atoms with Crippen LogP contribution in [0.4, 0.5) is 5.69 Å². The maximum atomic E-state index is 11.9. The molecule has 0 heterocycles. The molecule has 0 spiro atoms. The number of hydrogen-bond acceptors (Lipinski definition) is 4. The molecule has 118 valence electrons. The molecule has 0 aliphatic heterocycles. The van der Waals surface area contributed by atoms with Crippen LogP contribution in [0.2, 0.25) is 0 Å². The molecule has 0 saturated carbocycles. The number of unbranched alkanes of at least 4 members (excludes halogenated alkanes) is 2. The van der Waals surface area contributed by atoms with E-state index in [1.165, 1.54) is 26.2 Å². The number of rotatable bonds is 8. The fourth-order valence-electron chi connectivity index (χ4n) is 1.75. The number of sulfonamides is 1. The van der Waals surface area contributed by atoms with Crippen molar-refractivity contribution in [1.82, 2.24) is 4.31 Å². The van der Waals surface area contributed by atoms with Crippen molar-refractivity contribution in [2.24, 2.45) is 5.73 Å². The number of benzene rings is 1. The van der Waals surface area contributed by atoms with E-state index in [0.29, 0.717) is 18.7 Å². The van der Waals surface area contributed by atoms with E-state index in [1.54, 1.807) is 12.1 Å². The Balaban J connectivity index is 2.57. The largest absolute Gasteiger partial charge is 0.330 e. The Kier molecular flexibility index (Phi) is 6.80. The first-order valence-corrected chi connectivity index (χ1v) is 8.34. The highest BCUT2D eigenvalue weighted by molar-refractivity contribution is 7.89. The highest BCUT2D eigenvalue weighted by Crippen LogP contribution is 2.16. The van der Waals surface area contributed by atoms with Gasteiger partial charge in [-0.3, -0.25) is 4.79 Å². The van der Waals surface area contributed by atoms with Gasteiger partial charge in [0, 0.05) is 26.2 Å². The van der Waals surface area contributed by atoms with Crippen molar-refractivity contribution in [2.45, 2.75) is 30.6 Å². The van der Waals surface area contributed by atoms with Gasteiger partial charge in [-0.2, -0.15) is 0 Å². The van der Waals surface area contributed by atoms with Crippen LogP contribution < -0.4 is 11.1 Å². The Morgan fingerprint density at radius 2 is 1.76 bits per heavy atom. The molecule has 0 unspecified atom stereocenters. The van der Waals surface area contributed by atoms with Crippen LogP contribution in [0.1, 0.15) is 25.7 Å². The first kappa shape index (κ1) is 17.6. The van der Waals surface area contributed by atoms with Crippen molar-refractivity contribution in [3.05, 3.63) is 24.3 Å². The molecule has 0 aliphatic rings. The van der Waals surface area contributed by atoms with E-state index < -0.39 is 10.0 Å². The summed E-state index contributed by atoms with van der Waals surface area (Å²) in [5.74, 6) is -0.0739. The standard InChI is InChI=1S/C14H23N3O3S/c1-17(2)21(19,20)13-9-7-12(8-10-13)16-14(18)6-4-3-5-11-15/h7-10H,3-6,11,15H2,1-2H3,(H,16,18). The number of carbonyl (C=O) groups is 1. The van der Waals surface area contributed by atoms with E-state index in [4.69, 9.17) is 5.73 Å². The molecule has 0 aromatic heterocycles. The summed E-state index contributed by atoms with van der Waals surface area (Å²) in [4.78, 5) is 11.9. The van der Waals surface area contributed by atoms with Crippen LogP contribution >= 0.6 is 0 Å². The van der Waals surface area contributed by atoms with Crippen LogP contribution in [0, 0.1) is 0 Å². The van der Waals surface area contributed by atoms with E-state index in [2.05, 4.69) is 5.32 Å². The zero-order chi connectivity index (χ0) is 15.9. The van der Waals surface area contributed by atoms with Crippen molar-refractivity contribution in [2.75, 3.05) is 26.0 Å². The summed E-state index contributed by atoms with van der Waals surface area (Å²) in [5.41, 5.74) is 5.98. The van der Waals surface area contributed by atoms with Gasteiger partial charge in [0.2, 0.25) is 15.9 Å². The van der Waals surface area contributed by atoms with Gasteiger partial charge in [0.05, 0.1) is 4.90 Å². The highest BCUT2D eigenvalue weighted by atomic mass is 32.2. The molecule has 1 amide bonds. The van der Waals surface area contributed by atoms with Gasteiger partial charge in [0.1, 0.15) is 0 Å². The summed E-state index contributed by atoms with van der Waals surface area (Å²) < 4.78 is 24.9. The second-order valence-corrected chi connectivity index (χ2v) is 7.11. The zero-order valence-corrected chi connectivity index (χ0v) is 13.3. The molecule has 0 atom stereocenters. The fraction of sp³-hybridized carbons (Fsp3) is 0.500. The molecule has 1 aromatic carbocycles. The molecule has 0 aliphatic carbocycles. The second-order valence-electron chi connectivity index (χ2n) is 4.96. The number of anilines is 1. The predicted molar refractivity (Wildman–Crippen MR) is 83.5 cm³/mol. The zero-order valence-electron chi connectivity index (χ0n) is 12.5. The summed E-state index contributed by atoms with van der Waals surface area (Å²) in [6.07, 6.45) is 3.10. The third kappa shape index (κ3) is 5.45. The third-order valence-corrected chi connectivity index (χ3v) is 4.85. The predicted octanol–water partition coefficient (Wildman–Crippen LogP) is 1.39. The highest BCUT2D eigenvalue weighted by Gasteiger charge is 2.16. The third-order valence-electron chi connectivity index (χ3n) is 3.02. The first-order valence-electron chi connectivity index (χ1n) is 6.90. The Labute approximate surface area is 126 Å². The van der Waals surface area contributed by atoms with Crippen LogP contribution in [0.5, 0.6) is 0 Å². The topological polar surface area (TPSA) is 92.5 Å². The van der Waals surface area contributed by atoms with E-state index in [0.717, 1.165) is 23.6 Å². The summed E-state index contributed by atoms with van der Waals surface area (Å²) in [6, 6.07) is 6.15. The lowest BCUT2D eigenvalue weighted by Gasteiger charge is -2.12. The quantitative estimate of drug-likeness (QED) is 0.709. The Morgan fingerprint density at radius 3 is 2.29 bits per heavy atom. The van der Waals surface area contributed by atoms with E-state index in [-0.39, 0.29) is 10.8 Å². The second kappa shape index (κ2) is 8.11. The fourth-order valence-corrected chi connectivity index (χ4v) is 2.65. The SMILES string of the molecule is CN(C)S(=O)(=O)c1ccc(NC(=O)CCCCCN)cc1.